The third kappa shape index (κ3) is 1.86. The summed E-state index contributed by atoms with van der Waals surface area (Å²) in [7, 11) is 0. The Morgan fingerprint density at radius 2 is 2.22 bits per heavy atom. The molecule has 1 aromatic carbocycles. The van der Waals surface area contributed by atoms with E-state index in [0.29, 0.717) is 28.8 Å². The van der Waals surface area contributed by atoms with Gasteiger partial charge in [-0.1, -0.05) is 21.1 Å². The van der Waals surface area contributed by atoms with Crippen LogP contribution in [0.2, 0.25) is 0 Å². The zero-order valence-electron chi connectivity index (χ0n) is 8.96. The number of nitrogen functional groups attached to an aromatic ring is 1. The minimum Gasteiger partial charge on any atom is -0.398 e. The smallest absolute Gasteiger partial charge is 0.260 e. The molecule has 0 saturated carbocycles. The highest BCUT2D eigenvalue weighted by molar-refractivity contribution is 9.10. The van der Waals surface area contributed by atoms with E-state index in [2.05, 4.69) is 41.3 Å². The summed E-state index contributed by atoms with van der Waals surface area (Å²) in [6.45, 7) is 0. The number of nitrogens with one attached hydrogen (secondary N) is 1. The Hall–Kier alpha value is -2.22. The minimum atomic E-state index is 0.334. The van der Waals surface area contributed by atoms with Crippen molar-refractivity contribution in [3.05, 3.63) is 29.0 Å². The zero-order valence-corrected chi connectivity index (χ0v) is 10.5. The second kappa shape index (κ2) is 4.22. The van der Waals surface area contributed by atoms with E-state index < -0.39 is 0 Å². The highest BCUT2D eigenvalue weighted by atomic mass is 79.9. The van der Waals surface area contributed by atoms with E-state index in [0.717, 1.165) is 4.47 Å². The maximum Gasteiger partial charge on any atom is 0.260 e. The van der Waals surface area contributed by atoms with E-state index in [-0.39, 0.29) is 0 Å². The number of nitrogens with two attached hydrogens (primary N) is 1. The molecule has 0 bridgehead atoms. The molecule has 2 aromatic heterocycles. The summed E-state index contributed by atoms with van der Waals surface area (Å²) in [6, 6.07) is 5.41. The summed E-state index contributed by atoms with van der Waals surface area (Å²) in [4.78, 5) is 8.15. The van der Waals surface area contributed by atoms with Crippen LogP contribution < -0.4 is 5.73 Å². The lowest BCUT2D eigenvalue weighted by atomic mass is 10.2. The van der Waals surface area contributed by atoms with E-state index >= 15 is 0 Å². The van der Waals surface area contributed by atoms with Gasteiger partial charge in [-0.3, -0.25) is 5.10 Å². The van der Waals surface area contributed by atoms with Gasteiger partial charge in [-0.25, -0.2) is 4.98 Å². The van der Waals surface area contributed by atoms with Crippen molar-refractivity contribution in [1.82, 2.24) is 25.3 Å². The summed E-state index contributed by atoms with van der Waals surface area (Å²) >= 11 is 3.37. The first-order valence-corrected chi connectivity index (χ1v) is 5.78. The maximum atomic E-state index is 5.87. The summed E-state index contributed by atoms with van der Waals surface area (Å²) in [5, 5.41) is 10.2. The fourth-order valence-corrected chi connectivity index (χ4v) is 1.82. The number of anilines is 1. The quantitative estimate of drug-likeness (QED) is 0.700. The van der Waals surface area contributed by atoms with Crippen LogP contribution in [0.1, 0.15) is 0 Å². The molecule has 90 valence electrons. The van der Waals surface area contributed by atoms with Gasteiger partial charge < -0.3 is 10.3 Å². The first-order valence-electron chi connectivity index (χ1n) is 4.99. The average molecular weight is 307 g/mol. The average Bonchev–Trinajstić information content (AvgIpc) is 3.00. The van der Waals surface area contributed by atoms with Crippen LogP contribution in [-0.2, 0) is 0 Å². The second-order valence-electron chi connectivity index (χ2n) is 3.49. The molecular weight excluding hydrogens is 300 g/mol. The van der Waals surface area contributed by atoms with E-state index in [1.165, 1.54) is 6.33 Å². The molecule has 0 spiro atoms. The Bertz CT molecular complexity index is 678. The molecule has 2 heterocycles. The predicted molar refractivity (Wildman–Crippen MR) is 67.2 cm³/mol. The Labute approximate surface area is 110 Å². The lowest BCUT2D eigenvalue weighted by molar-refractivity contribution is 0.432. The van der Waals surface area contributed by atoms with Crippen molar-refractivity contribution in [2.45, 2.75) is 0 Å². The molecule has 0 unspecified atom stereocenters. The molecule has 0 atom stereocenters. The maximum absolute atomic E-state index is 5.87. The van der Waals surface area contributed by atoms with Crippen LogP contribution >= 0.6 is 15.9 Å². The number of rotatable bonds is 2. The Balaban J connectivity index is 2.05. The SMILES string of the molecule is Nc1ccc(Br)cc1-c1nc(-c2ncn[nH]2)no1. The molecule has 0 amide bonds. The number of hydrogen-bond acceptors (Lipinski definition) is 6. The van der Waals surface area contributed by atoms with E-state index in [9.17, 15) is 0 Å². The molecule has 0 aliphatic heterocycles. The third-order valence-electron chi connectivity index (χ3n) is 2.30. The van der Waals surface area contributed by atoms with Crippen molar-refractivity contribution in [1.29, 1.82) is 0 Å². The highest BCUT2D eigenvalue weighted by Gasteiger charge is 2.14. The van der Waals surface area contributed by atoms with Crippen LogP contribution in [0.3, 0.4) is 0 Å². The summed E-state index contributed by atoms with van der Waals surface area (Å²) in [5.41, 5.74) is 7.10. The van der Waals surface area contributed by atoms with Crippen LogP contribution in [0, 0.1) is 0 Å². The molecule has 3 N–H and O–H groups in total. The summed E-state index contributed by atoms with van der Waals surface area (Å²) in [6.07, 6.45) is 1.37. The molecule has 0 aliphatic carbocycles. The van der Waals surface area contributed by atoms with E-state index in [1.807, 2.05) is 12.1 Å². The van der Waals surface area contributed by atoms with Gasteiger partial charge in [0, 0.05) is 10.2 Å². The Morgan fingerprint density at radius 1 is 1.33 bits per heavy atom. The number of halogens is 1. The van der Waals surface area contributed by atoms with Crippen molar-refractivity contribution in [2.75, 3.05) is 5.73 Å². The first-order chi connectivity index (χ1) is 8.74. The molecule has 18 heavy (non-hydrogen) atoms. The number of hydrogen-bond donors (Lipinski definition) is 2. The van der Waals surface area contributed by atoms with Crippen molar-refractivity contribution in [3.63, 3.8) is 0 Å². The minimum absolute atomic E-state index is 0.334. The molecule has 0 saturated heterocycles. The molecule has 0 fully saturated rings. The first kappa shape index (κ1) is 10.9. The molecule has 3 aromatic rings. The Morgan fingerprint density at radius 3 is 3.00 bits per heavy atom. The number of aromatic nitrogens is 5. The second-order valence-corrected chi connectivity index (χ2v) is 4.40. The molecular formula is C10H7BrN6O. The fraction of sp³-hybridized carbons (Fsp3) is 0. The van der Waals surface area contributed by atoms with Crippen LogP contribution in [0.15, 0.2) is 33.5 Å². The van der Waals surface area contributed by atoms with Crippen molar-refractivity contribution in [3.8, 4) is 23.1 Å². The van der Waals surface area contributed by atoms with E-state index in [1.54, 1.807) is 6.07 Å². The molecule has 8 heteroatoms. The third-order valence-corrected chi connectivity index (χ3v) is 2.79. The van der Waals surface area contributed by atoms with Gasteiger partial charge in [0.2, 0.25) is 5.82 Å². The Kier molecular flexibility index (Phi) is 2.56. The molecule has 3 rings (SSSR count). The summed E-state index contributed by atoms with van der Waals surface area (Å²) in [5.74, 6) is 1.11. The van der Waals surface area contributed by atoms with Gasteiger partial charge in [-0.05, 0) is 18.2 Å². The van der Waals surface area contributed by atoms with Gasteiger partial charge >= 0.3 is 0 Å². The van der Waals surface area contributed by atoms with Gasteiger partial charge in [0.15, 0.2) is 5.82 Å². The van der Waals surface area contributed by atoms with Gasteiger partial charge in [0.1, 0.15) is 6.33 Å². The predicted octanol–water partition coefficient (Wildman–Crippen LogP) is 1.87. The lowest BCUT2D eigenvalue weighted by Crippen LogP contribution is -1.90. The van der Waals surface area contributed by atoms with E-state index in [4.69, 9.17) is 10.3 Å². The number of aromatic amines is 1. The summed E-state index contributed by atoms with van der Waals surface area (Å²) < 4.78 is 6.04. The standard InChI is InChI=1S/C10H7BrN6O/c11-5-1-2-7(12)6(3-5)10-15-9(17-18-10)8-13-4-14-16-8/h1-4H,12H2,(H,13,14,16). The topological polar surface area (TPSA) is 107 Å². The number of H-pyrrole nitrogens is 1. The highest BCUT2D eigenvalue weighted by Crippen LogP contribution is 2.28. The normalized spacial score (nSPS) is 10.7. The molecule has 0 radical (unpaired) electrons. The number of nitrogens with zero attached hydrogens (tertiary/aromatic N) is 4. The fourth-order valence-electron chi connectivity index (χ4n) is 1.46. The van der Waals surface area contributed by atoms with Crippen LogP contribution in [0.4, 0.5) is 5.69 Å². The van der Waals surface area contributed by atoms with Crippen LogP contribution in [-0.4, -0.2) is 25.3 Å². The van der Waals surface area contributed by atoms with Gasteiger partial charge in [-0.2, -0.15) is 10.1 Å². The molecule has 0 aliphatic rings. The van der Waals surface area contributed by atoms with Gasteiger partial charge in [-0.15, -0.1) is 0 Å². The van der Waals surface area contributed by atoms with Gasteiger partial charge in [0.05, 0.1) is 5.56 Å². The van der Waals surface area contributed by atoms with Crippen LogP contribution in [0.25, 0.3) is 23.1 Å². The lowest BCUT2D eigenvalue weighted by Gasteiger charge is -2.00. The molecule has 7 nitrogen and oxygen atoms in total. The zero-order chi connectivity index (χ0) is 12.5. The monoisotopic (exact) mass is 306 g/mol. The van der Waals surface area contributed by atoms with Crippen molar-refractivity contribution in [2.24, 2.45) is 0 Å². The van der Waals surface area contributed by atoms with Crippen molar-refractivity contribution >= 4 is 21.6 Å². The van der Waals surface area contributed by atoms with Crippen molar-refractivity contribution < 1.29 is 4.52 Å². The largest absolute Gasteiger partial charge is 0.398 e. The number of benzene rings is 1. The van der Waals surface area contributed by atoms with Crippen LogP contribution in [0.5, 0.6) is 0 Å². The van der Waals surface area contributed by atoms with Gasteiger partial charge in [0.25, 0.3) is 5.89 Å².